The van der Waals surface area contributed by atoms with Gasteiger partial charge in [-0.3, -0.25) is 4.90 Å². The summed E-state index contributed by atoms with van der Waals surface area (Å²) < 4.78 is 10.2. The van der Waals surface area contributed by atoms with Crippen LogP contribution in [0.15, 0.2) is 18.2 Å². The third-order valence-electron chi connectivity index (χ3n) is 3.40. The molecule has 0 N–H and O–H groups in total. The Kier molecular flexibility index (Phi) is 5.94. The highest BCUT2D eigenvalue weighted by Crippen LogP contribution is 2.34. The van der Waals surface area contributed by atoms with Gasteiger partial charge in [-0.25, -0.2) is 9.59 Å². The van der Waals surface area contributed by atoms with Gasteiger partial charge >= 0.3 is 12.1 Å². The van der Waals surface area contributed by atoms with Crippen LogP contribution in [0.4, 0.5) is 4.79 Å². The van der Waals surface area contributed by atoms with Crippen LogP contribution in [-0.4, -0.2) is 36.7 Å². The Morgan fingerprint density at radius 3 is 2.09 bits per heavy atom. The van der Waals surface area contributed by atoms with Crippen LogP contribution >= 0.6 is 23.2 Å². The van der Waals surface area contributed by atoms with E-state index in [0.717, 1.165) is 0 Å². The van der Waals surface area contributed by atoms with Crippen molar-refractivity contribution >= 4 is 35.3 Å². The molecule has 0 aliphatic rings. The summed E-state index contributed by atoms with van der Waals surface area (Å²) in [4.78, 5) is 26.0. The molecular weight excluding hydrogens is 341 g/mol. The van der Waals surface area contributed by atoms with Crippen molar-refractivity contribution in [1.82, 2.24) is 4.90 Å². The zero-order valence-electron chi connectivity index (χ0n) is 14.1. The van der Waals surface area contributed by atoms with Crippen LogP contribution in [0.3, 0.4) is 0 Å². The Labute approximate surface area is 146 Å². The van der Waals surface area contributed by atoms with E-state index in [1.54, 1.807) is 39.8 Å². The number of ether oxygens (including phenoxy) is 2. The summed E-state index contributed by atoms with van der Waals surface area (Å²) in [5.74, 6) is -0.621. The lowest BCUT2D eigenvalue weighted by atomic mass is 9.90. The number of amides is 1. The number of methoxy groups -OCH3 is 1. The third kappa shape index (κ3) is 4.30. The number of hydrogen-bond donors (Lipinski definition) is 0. The van der Waals surface area contributed by atoms with Crippen LogP contribution in [0.25, 0.3) is 0 Å². The smallest absolute Gasteiger partial charge is 0.411 e. The standard InChI is InChI=1S/C16H21Cl2NO4/c1-15(2,3)23-14(21)19(5)16(4,13(20)22-6)10-7-8-11(17)12(18)9-10/h7-9H,1-6H3/t16-/m1/s1. The first-order chi connectivity index (χ1) is 10.4. The number of carbonyl (C=O) groups is 2. The summed E-state index contributed by atoms with van der Waals surface area (Å²) in [5, 5.41) is 0.624. The monoisotopic (exact) mass is 361 g/mol. The number of rotatable bonds is 3. The fraction of sp³-hybridized carbons (Fsp3) is 0.500. The van der Waals surface area contributed by atoms with Gasteiger partial charge in [0.25, 0.3) is 0 Å². The molecule has 0 bridgehead atoms. The molecule has 0 saturated carbocycles. The van der Waals surface area contributed by atoms with Crippen molar-refractivity contribution in [2.24, 2.45) is 0 Å². The third-order valence-corrected chi connectivity index (χ3v) is 4.14. The van der Waals surface area contributed by atoms with Crippen LogP contribution in [0.5, 0.6) is 0 Å². The number of likely N-dealkylation sites (N-methyl/N-ethyl adjacent to an activating group) is 1. The number of carbonyl (C=O) groups excluding carboxylic acids is 2. The maximum atomic E-state index is 12.4. The maximum Gasteiger partial charge on any atom is 0.411 e. The summed E-state index contributed by atoms with van der Waals surface area (Å²) in [6.07, 6.45) is -0.656. The Balaban J connectivity index is 3.34. The normalized spacial score (nSPS) is 13.9. The van der Waals surface area contributed by atoms with Gasteiger partial charge in [0.2, 0.25) is 0 Å². The van der Waals surface area contributed by atoms with Crippen molar-refractivity contribution < 1.29 is 19.1 Å². The van der Waals surface area contributed by atoms with Gasteiger partial charge in [-0.2, -0.15) is 0 Å². The summed E-state index contributed by atoms with van der Waals surface area (Å²) in [6, 6.07) is 4.71. The Morgan fingerprint density at radius 1 is 1.09 bits per heavy atom. The van der Waals surface area contributed by atoms with Gasteiger partial charge in [0, 0.05) is 7.05 Å². The second-order valence-corrected chi connectivity index (χ2v) is 7.05. The van der Waals surface area contributed by atoms with E-state index < -0.39 is 23.2 Å². The zero-order chi connectivity index (χ0) is 18.0. The molecule has 5 nitrogen and oxygen atoms in total. The predicted octanol–water partition coefficient (Wildman–Crippen LogP) is 4.25. The van der Waals surface area contributed by atoms with Crippen molar-refractivity contribution in [2.45, 2.75) is 38.8 Å². The molecule has 0 radical (unpaired) electrons. The molecule has 0 aliphatic carbocycles. The first kappa shape index (κ1) is 19.6. The predicted molar refractivity (Wildman–Crippen MR) is 89.8 cm³/mol. The van der Waals surface area contributed by atoms with E-state index in [4.69, 9.17) is 32.7 Å². The molecule has 7 heteroatoms. The largest absolute Gasteiger partial charge is 0.467 e. The van der Waals surface area contributed by atoms with Crippen molar-refractivity contribution in [3.05, 3.63) is 33.8 Å². The molecule has 1 rings (SSSR count). The van der Waals surface area contributed by atoms with E-state index in [2.05, 4.69) is 0 Å². The van der Waals surface area contributed by atoms with Crippen LogP contribution in [0.1, 0.15) is 33.3 Å². The van der Waals surface area contributed by atoms with Crippen molar-refractivity contribution in [3.63, 3.8) is 0 Å². The molecule has 1 aromatic carbocycles. The van der Waals surface area contributed by atoms with Crippen LogP contribution in [0, 0.1) is 0 Å². The molecule has 0 fully saturated rings. The first-order valence-corrected chi connectivity index (χ1v) is 7.70. The second-order valence-electron chi connectivity index (χ2n) is 6.23. The average Bonchev–Trinajstić information content (AvgIpc) is 2.45. The van der Waals surface area contributed by atoms with Gasteiger partial charge in [-0.1, -0.05) is 29.3 Å². The van der Waals surface area contributed by atoms with Crippen LogP contribution in [-0.2, 0) is 19.8 Å². The van der Waals surface area contributed by atoms with E-state index in [0.29, 0.717) is 10.6 Å². The highest BCUT2D eigenvalue weighted by Gasteiger charge is 2.44. The fourth-order valence-corrected chi connectivity index (χ4v) is 2.26. The zero-order valence-corrected chi connectivity index (χ0v) is 15.6. The van der Waals surface area contributed by atoms with E-state index in [9.17, 15) is 9.59 Å². The van der Waals surface area contributed by atoms with Gasteiger partial charge in [0.1, 0.15) is 5.60 Å². The van der Waals surface area contributed by atoms with Crippen LogP contribution < -0.4 is 0 Å². The lowest BCUT2D eigenvalue weighted by molar-refractivity contribution is -0.153. The summed E-state index contributed by atoms with van der Waals surface area (Å²) in [5.41, 5.74) is -1.64. The van der Waals surface area contributed by atoms with E-state index >= 15 is 0 Å². The quantitative estimate of drug-likeness (QED) is 0.755. The van der Waals surface area contributed by atoms with E-state index in [1.165, 1.54) is 25.1 Å². The highest BCUT2D eigenvalue weighted by atomic mass is 35.5. The van der Waals surface area contributed by atoms with Gasteiger partial charge in [-0.15, -0.1) is 0 Å². The molecule has 1 amide bonds. The van der Waals surface area contributed by atoms with Gasteiger partial charge < -0.3 is 9.47 Å². The van der Waals surface area contributed by atoms with E-state index in [-0.39, 0.29) is 5.02 Å². The minimum atomic E-state index is -1.41. The molecule has 0 unspecified atom stereocenters. The minimum absolute atomic E-state index is 0.275. The molecule has 0 aliphatic heterocycles. The number of hydrogen-bond acceptors (Lipinski definition) is 4. The maximum absolute atomic E-state index is 12.4. The lowest BCUT2D eigenvalue weighted by Gasteiger charge is -2.37. The summed E-state index contributed by atoms with van der Waals surface area (Å²) in [6.45, 7) is 6.79. The van der Waals surface area contributed by atoms with Gasteiger partial charge in [0.15, 0.2) is 5.54 Å². The molecule has 23 heavy (non-hydrogen) atoms. The van der Waals surface area contributed by atoms with Crippen molar-refractivity contribution in [1.29, 1.82) is 0 Å². The van der Waals surface area contributed by atoms with Crippen molar-refractivity contribution in [3.8, 4) is 0 Å². The molecule has 0 aromatic heterocycles. The van der Waals surface area contributed by atoms with E-state index in [1.807, 2.05) is 0 Å². The molecule has 0 spiro atoms. The Hall–Kier alpha value is -1.46. The molecule has 1 aromatic rings. The summed E-state index contributed by atoms with van der Waals surface area (Å²) >= 11 is 12.0. The summed E-state index contributed by atoms with van der Waals surface area (Å²) in [7, 11) is 2.72. The second kappa shape index (κ2) is 6.97. The minimum Gasteiger partial charge on any atom is -0.467 e. The topological polar surface area (TPSA) is 55.8 Å². The van der Waals surface area contributed by atoms with Gasteiger partial charge in [-0.05, 0) is 45.4 Å². The Morgan fingerprint density at radius 2 is 1.65 bits per heavy atom. The SMILES string of the molecule is COC(=O)[C@@](C)(c1ccc(Cl)c(Cl)c1)N(C)C(=O)OC(C)(C)C. The number of benzene rings is 1. The molecular formula is C16H21Cl2NO4. The molecule has 1 atom stereocenters. The first-order valence-electron chi connectivity index (χ1n) is 6.94. The fourth-order valence-electron chi connectivity index (χ4n) is 1.96. The molecule has 0 heterocycles. The number of halogens is 2. The Bertz CT molecular complexity index is 613. The molecule has 128 valence electrons. The average molecular weight is 362 g/mol. The van der Waals surface area contributed by atoms with Gasteiger partial charge in [0.05, 0.1) is 17.2 Å². The van der Waals surface area contributed by atoms with Crippen molar-refractivity contribution in [2.75, 3.05) is 14.2 Å². The number of nitrogens with zero attached hydrogens (tertiary/aromatic N) is 1. The number of esters is 1. The highest BCUT2D eigenvalue weighted by molar-refractivity contribution is 6.42. The molecule has 0 saturated heterocycles. The lowest BCUT2D eigenvalue weighted by Crippen LogP contribution is -2.52. The van der Waals surface area contributed by atoms with Crippen LogP contribution in [0.2, 0.25) is 10.0 Å².